The highest BCUT2D eigenvalue weighted by Crippen LogP contribution is 2.44. The molecule has 0 bridgehead atoms. The van der Waals surface area contributed by atoms with Crippen molar-refractivity contribution in [2.75, 3.05) is 13.7 Å². The Balaban J connectivity index is 1.39. The second-order valence-electron chi connectivity index (χ2n) is 6.69. The molecule has 2 N–H and O–H groups in total. The van der Waals surface area contributed by atoms with Gasteiger partial charge >= 0.3 is 6.09 Å². The summed E-state index contributed by atoms with van der Waals surface area (Å²) in [5.41, 5.74) is 5.50. The number of hydrogen-bond acceptors (Lipinski definition) is 4. The molecular formula is C23H21NO4. The molecule has 28 heavy (non-hydrogen) atoms. The van der Waals surface area contributed by atoms with Crippen LogP contribution >= 0.6 is 0 Å². The Morgan fingerprint density at radius 2 is 1.64 bits per heavy atom. The summed E-state index contributed by atoms with van der Waals surface area (Å²) < 4.78 is 10.5. The number of rotatable bonds is 5. The van der Waals surface area contributed by atoms with E-state index in [1.807, 2.05) is 24.3 Å². The van der Waals surface area contributed by atoms with Crippen molar-refractivity contribution in [3.05, 3.63) is 83.4 Å². The molecular weight excluding hydrogens is 354 g/mol. The average Bonchev–Trinajstić information content (AvgIpc) is 3.05. The lowest BCUT2D eigenvalue weighted by atomic mass is 9.98. The van der Waals surface area contributed by atoms with E-state index in [0.29, 0.717) is 5.75 Å². The van der Waals surface area contributed by atoms with Crippen LogP contribution < -0.4 is 10.1 Å². The molecule has 1 aliphatic rings. The minimum absolute atomic E-state index is 0.0307. The third-order valence-corrected chi connectivity index (χ3v) is 5.02. The summed E-state index contributed by atoms with van der Waals surface area (Å²) in [6.07, 6.45) is -0.489. The molecule has 0 unspecified atom stereocenters. The van der Waals surface area contributed by atoms with Gasteiger partial charge in [-0.3, -0.25) is 0 Å². The van der Waals surface area contributed by atoms with Crippen molar-refractivity contribution in [3.8, 4) is 22.6 Å². The minimum atomic E-state index is -0.489. The van der Waals surface area contributed by atoms with Crippen molar-refractivity contribution in [1.29, 1.82) is 0 Å². The average molecular weight is 375 g/mol. The number of amides is 1. The van der Waals surface area contributed by atoms with Crippen LogP contribution in [-0.4, -0.2) is 24.9 Å². The summed E-state index contributed by atoms with van der Waals surface area (Å²) in [7, 11) is 1.49. The Bertz CT molecular complexity index is 969. The van der Waals surface area contributed by atoms with E-state index in [4.69, 9.17) is 9.47 Å². The highest BCUT2D eigenvalue weighted by molar-refractivity contribution is 5.79. The van der Waals surface area contributed by atoms with Crippen molar-refractivity contribution in [3.63, 3.8) is 0 Å². The first-order chi connectivity index (χ1) is 13.7. The zero-order chi connectivity index (χ0) is 19.5. The third-order valence-electron chi connectivity index (χ3n) is 5.02. The number of phenolic OH excluding ortho intramolecular Hbond substituents is 1. The van der Waals surface area contributed by atoms with Gasteiger partial charge in [0.25, 0.3) is 0 Å². The number of hydrogen-bond donors (Lipinski definition) is 2. The molecule has 5 heteroatoms. The molecule has 0 aromatic heterocycles. The van der Waals surface area contributed by atoms with Crippen LogP contribution in [0.1, 0.15) is 22.6 Å². The molecule has 1 aliphatic carbocycles. The molecule has 5 nitrogen and oxygen atoms in total. The molecule has 4 rings (SSSR count). The van der Waals surface area contributed by atoms with E-state index in [0.717, 1.165) is 5.56 Å². The Labute approximate surface area is 163 Å². The maximum absolute atomic E-state index is 12.2. The van der Waals surface area contributed by atoms with E-state index in [1.54, 1.807) is 18.2 Å². The lowest BCUT2D eigenvalue weighted by Gasteiger charge is -2.14. The summed E-state index contributed by atoms with van der Waals surface area (Å²) >= 11 is 0. The van der Waals surface area contributed by atoms with E-state index in [1.165, 1.54) is 29.4 Å². The van der Waals surface area contributed by atoms with Gasteiger partial charge in [0.1, 0.15) is 6.61 Å². The molecule has 0 radical (unpaired) electrons. The fourth-order valence-electron chi connectivity index (χ4n) is 3.67. The second kappa shape index (κ2) is 7.64. The zero-order valence-electron chi connectivity index (χ0n) is 15.5. The number of carbonyl (C=O) groups is 1. The highest BCUT2D eigenvalue weighted by Gasteiger charge is 2.28. The lowest BCUT2D eigenvalue weighted by molar-refractivity contribution is 0.142. The van der Waals surface area contributed by atoms with Crippen molar-refractivity contribution in [2.45, 2.75) is 12.5 Å². The molecule has 0 atom stereocenters. The van der Waals surface area contributed by atoms with Crippen LogP contribution in [0.5, 0.6) is 11.5 Å². The Morgan fingerprint density at radius 3 is 2.25 bits per heavy atom. The van der Waals surface area contributed by atoms with Gasteiger partial charge < -0.3 is 19.9 Å². The number of phenols is 1. The summed E-state index contributed by atoms with van der Waals surface area (Å²) in [6.45, 7) is 0.530. The highest BCUT2D eigenvalue weighted by atomic mass is 16.5. The van der Waals surface area contributed by atoms with Gasteiger partial charge in [0, 0.05) is 12.5 Å². The Hall–Kier alpha value is -3.47. The number of ether oxygens (including phenoxy) is 2. The maximum Gasteiger partial charge on any atom is 0.407 e. The Kier molecular flexibility index (Phi) is 4.89. The van der Waals surface area contributed by atoms with E-state index < -0.39 is 6.09 Å². The van der Waals surface area contributed by atoms with Crippen LogP contribution in [-0.2, 0) is 11.3 Å². The number of methoxy groups -OCH3 is 1. The monoisotopic (exact) mass is 375 g/mol. The van der Waals surface area contributed by atoms with Gasteiger partial charge in [-0.15, -0.1) is 0 Å². The topological polar surface area (TPSA) is 67.8 Å². The van der Waals surface area contributed by atoms with Crippen molar-refractivity contribution < 1.29 is 19.4 Å². The van der Waals surface area contributed by atoms with Crippen LogP contribution in [0.2, 0.25) is 0 Å². The van der Waals surface area contributed by atoms with Crippen LogP contribution in [0.25, 0.3) is 11.1 Å². The number of fused-ring (bicyclic) bond motifs is 3. The standard InChI is InChI=1S/C23H21NO4/c1-27-22-11-10-15(12-21(22)25)13-24-23(26)28-14-20-18-8-4-2-6-16(18)17-7-3-5-9-19(17)20/h2-12,20,25H,13-14H2,1H3,(H,24,26). The molecule has 3 aromatic rings. The van der Waals surface area contributed by atoms with Gasteiger partial charge in [-0.2, -0.15) is 0 Å². The molecule has 0 saturated heterocycles. The predicted molar refractivity (Wildman–Crippen MR) is 107 cm³/mol. The van der Waals surface area contributed by atoms with Crippen LogP contribution in [0, 0.1) is 0 Å². The number of benzene rings is 3. The van der Waals surface area contributed by atoms with Crippen molar-refractivity contribution >= 4 is 6.09 Å². The number of aromatic hydroxyl groups is 1. The first kappa shape index (κ1) is 17.9. The van der Waals surface area contributed by atoms with Gasteiger partial charge in [0.2, 0.25) is 0 Å². The molecule has 3 aromatic carbocycles. The third kappa shape index (κ3) is 3.39. The largest absolute Gasteiger partial charge is 0.504 e. The summed E-state index contributed by atoms with van der Waals surface area (Å²) in [5, 5.41) is 12.5. The van der Waals surface area contributed by atoms with Gasteiger partial charge in [-0.25, -0.2) is 4.79 Å². The summed E-state index contributed by atoms with van der Waals surface area (Å²) in [6, 6.07) is 21.4. The predicted octanol–water partition coefficient (Wildman–Crippen LogP) is 4.44. The van der Waals surface area contributed by atoms with Gasteiger partial charge in [0.15, 0.2) is 11.5 Å². The fraction of sp³-hybridized carbons (Fsp3) is 0.174. The molecule has 1 amide bonds. The fourth-order valence-corrected chi connectivity index (χ4v) is 3.67. The number of carbonyl (C=O) groups excluding carboxylic acids is 1. The minimum Gasteiger partial charge on any atom is -0.504 e. The molecule has 0 saturated carbocycles. The van der Waals surface area contributed by atoms with E-state index >= 15 is 0 Å². The Morgan fingerprint density at radius 1 is 1.00 bits per heavy atom. The lowest BCUT2D eigenvalue weighted by Crippen LogP contribution is -2.25. The van der Waals surface area contributed by atoms with Gasteiger partial charge in [-0.1, -0.05) is 54.6 Å². The first-order valence-corrected chi connectivity index (χ1v) is 9.12. The zero-order valence-corrected chi connectivity index (χ0v) is 15.5. The molecule has 0 heterocycles. The van der Waals surface area contributed by atoms with Gasteiger partial charge in [-0.05, 0) is 39.9 Å². The summed E-state index contributed by atoms with van der Waals surface area (Å²) in [4.78, 5) is 12.2. The molecule has 0 aliphatic heterocycles. The molecule has 142 valence electrons. The van der Waals surface area contributed by atoms with E-state index in [9.17, 15) is 9.90 Å². The van der Waals surface area contributed by atoms with Crippen LogP contribution in [0.15, 0.2) is 66.7 Å². The second-order valence-corrected chi connectivity index (χ2v) is 6.69. The number of alkyl carbamates (subject to hydrolysis) is 1. The summed E-state index contributed by atoms with van der Waals surface area (Å²) in [5.74, 6) is 0.461. The molecule has 0 fully saturated rings. The van der Waals surface area contributed by atoms with Crippen LogP contribution in [0.3, 0.4) is 0 Å². The number of nitrogens with one attached hydrogen (secondary N) is 1. The molecule has 0 spiro atoms. The van der Waals surface area contributed by atoms with Crippen molar-refractivity contribution in [2.24, 2.45) is 0 Å². The normalized spacial score (nSPS) is 12.2. The van der Waals surface area contributed by atoms with E-state index in [2.05, 4.69) is 29.6 Å². The maximum atomic E-state index is 12.2. The van der Waals surface area contributed by atoms with Gasteiger partial charge in [0.05, 0.1) is 7.11 Å². The van der Waals surface area contributed by atoms with Crippen molar-refractivity contribution in [1.82, 2.24) is 5.32 Å². The van der Waals surface area contributed by atoms with E-state index in [-0.39, 0.29) is 24.8 Å². The quantitative estimate of drug-likeness (QED) is 0.692. The smallest absolute Gasteiger partial charge is 0.407 e. The first-order valence-electron chi connectivity index (χ1n) is 9.12. The SMILES string of the molecule is COc1ccc(CNC(=O)OCC2c3ccccc3-c3ccccc32)cc1O. The van der Waals surface area contributed by atoms with Crippen LogP contribution in [0.4, 0.5) is 4.79 Å².